The van der Waals surface area contributed by atoms with E-state index in [1.165, 1.54) is 0 Å². The normalized spacial score (nSPS) is 12.7. The number of rotatable bonds is 4. The van der Waals surface area contributed by atoms with Crippen LogP contribution < -0.4 is 0 Å². The average molecular weight is 242 g/mol. The zero-order valence-electron chi connectivity index (χ0n) is 10.0. The van der Waals surface area contributed by atoms with Gasteiger partial charge >= 0.3 is 5.97 Å². The lowest BCUT2D eigenvalue weighted by atomic mass is 10.0. The molecule has 4 heteroatoms. The van der Waals surface area contributed by atoms with Crippen molar-refractivity contribution >= 4 is 12.0 Å². The van der Waals surface area contributed by atoms with E-state index < -0.39 is 5.97 Å². The van der Waals surface area contributed by atoms with Gasteiger partial charge in [-0.2, -0.15) is 0 Å². The van der Waals surface area contributed by atoms with E-state index in [1.54, 1.807) is 18.6 Å². The first-order valence-electron chi connectivity index (χ1n) is 5.65. The number of carboxylic acid groups (broad SMARTS) is 1. The molecule has 0 saturated heterocycles. The molecule has 2 rings (SSSR count). The highest BCUT2D eigenvalue weighted by Gasteiger charge is 2.06. The Morgan fingerprint density at radius 3 is 3.00 bits per heavy atom. The minimum atomic E-state index is -0.942. The molecule has 0 amide bonds. The van der Waals surface area contributed by atoms with Crippen LogP contribution in [0.15, 0.2) is 49.1 Å². The number of nitrogens with zero attached hydrogens (tertiary/aromatic N) is 2. The van der Waals surface area contributed by atoms with Crippen molar-refractivity contribution in [3.63, 3.8) is 0 Å². The minimum absolute atomic E-state index is 0.172. The molecular formula is C14H14N2O2. The van der Waals surface area contributed by atoms with Crippen LogP contribution in [-0.4, -0.2) is 20.6 Å². The van der Waals surface area contributed by atoms with Gasteiger partial charge in [0.15, 0.2) is 0 Å². The highest BCUT2D eigenvalue weighted by atomic mass is 16.4. The molecule has 0 radical (unpaired) electrons. The maximum Gasteiger partial charge on any atom is 0.328 e. The lowest BCUT2D eigenvalue weighted by molar-refractivity contribution is -0.131. The molecule has 0 spiro atoms. The Balaban J connectivity index is 2.24. The third-order valence-electron chi connectivity index (χ3n) is 2.78. The number of hydrogen-bond donors (Lipinski definition) is 1. The molecule has 1 unspecified atom stereocenters. The van der Waals surface area contributed by atoms with Crippen LogP contribution in [0, 0.1) is 0 Å². The van der Waals surface area contributed by atoms with Gasteiger partial charge in [-0.3, -0.25) is 0 Å². The van der Waals surface area contributed by atoms with E-state index in [-0.39, 0.29) is 6.04 Å². The zero-order chi connectivity index (χ0) is 13.0. The van der Waals surface area contributed by atoms with Crippen LogP contribution in [0.3, 0.4) is 0 Å². The Bertz CT molecular complexity index is 559. The first-order chi connectivity index (χ1) is 8.66. The van der Waals surface area contributed by atoms with E-state index >= 15 is 0 Å². The number of aliphatic carboxylic acids is 1. The topological polar surface area (TPSA) is 55.1 Å². The molecule has 0 aliphatic rings. The van der Waals surface area contributed by atoms with E-state index in [0.29, 0.717) is 0 Å². The van der Waals surface area contributed by atoms with Gasteiger partial charge in [0.1, 0.15) is 0 Å². The van der Waals surface area contributed by atoms with Gasteiger partial charge in [-0.05, 0) is 30.2 Å². The molecule has 1 aromatic heterocycles. The summed E-state index contributed by atoms with van der Waals surface area (Å²) in [5.41, 5.74) is 1.99. The van der Waals surface area contributed by atoms with E-state index in [4.69, 9.17) is 5.11 Å². The summed E-state index contributed by atoms with van der Waals surface area (Å²) in [6.07, 6.45) is 8.15. The summed E-state index contributed by atoms with van der Waals surface area (Å²) in [5, 5.41) is 8.60. The first-order valence-corrected chi connectivity index (χ1v) is 5.65. The monoisotopic (exact) mass is 242 g/mol. The predicted octanol–water partition coefficient (Wildman–Crippen LogP) is 2.59. The van der Waals surface area contributed by atoms with Crippen molar-refractivity contribution in [3.8, 4) is 0 Å². The fraction of sp³-hybridized carbons (Fsp3) is 0.143. The number of hydrogen-bond acceptors (Lipinski definition) is 2. The van der Waals surface area contributed by atoms with Gasteiger partial charge < -0.3 is 9.67 Å². The van der Waals surface area contributed by atoms with Crippen LogP contribution in [-0.2, 0) is 4.79 Å². The number of carboxylic acids is 1. The van der Waals surface area contributed by atoms with Gasteiger partial charge in [0.25, 0.3) is 0 Å². The molecule has 92 valence electrons. The van der Waals surface area contributed by atoms with Crippen LogP contribution >= 0.6 is 0 Å². The third-order valence-corrected chi connectivity index (χ3v) is 2.78. The number of benzene rings is 1. The Hall–Kier alpha value is -2.36. The Labute approximate surface area is 105 Å². The molecule has 4 nitrogen and oxygen atoms in total. The van der Waals surface area contributed by atoms with Crippen LogP contribution in [0.2, 0.25) is 0 Å². The van der Waals surface area contributed by atoms with Crippen molar-refractivity contribution in [2.75, 3.05) is 0 Å². The second-order valence-corrected chi connectivity index (χ2v) is 4.03. The Morgan fingerprint density at radius 1 is 1.50 bits per heavy atom. The molecule has 1 atom stereocenters. The molecule has 0 aliphatic carbocycles. The quantitative estimate of drug-likeness (QED) is 0.838. The van der Waals surface area contributed by atoms with E-state index in [2.05, 4.69) is 11.9 Å². The Kier molecular flexibility index (Phi) is 3.57. The summed E-state index contributed by atoms with van der Waals surface area (Å²) < 4.78 is 2.00. The predicted molar refractivity (Wildman–Crippen MR) is 69.2 cm³/mol. The van der Waals surface area contributed by atoms with Gasteiger partial charge in [-0.25, -0.2) is 9.78 Å². The fourth-order valence-electron chi connectivity index (χ4n) is 1.76. The molecule has 0 fully saturated rings. The molecule has 0 saturated carbocycles. The lowest BCUT2D eigenvalue weighted by Crippen LogP contribution is -2.04. The standard InChI is InChI=1S/C14H14N2O2/c1-11(16-8-7-15-10-16)13-4-2-3-12(9-13)5-6-14(17)18/h2-11H,1H3,(H,17,18)/b6-5+. The number of aromatic nitrogens is 2. The van der Waals surface area contributed by atoms with Gasteiger partial charge in [-0.15, -0.1) is 0 Å². The van der Waals surface area contributed by atoms with Crippen molar-refractivity contribution in [1.82, 2.24) is 9.55 Å². The van der Waals surface area contributed by atoms with Crippen molar-refractivity contribution < 1.29 is 9.90 Å². The van der Waals surface area contributed by atoms with E-state index in [1.807, 2.05) is 35.0 Å². The van der Waals surface area contributed by atoms with Crippen LogP contribution in [0.1, 0.15) is 24.1 Å². The summed E-state index contributed by atoms with van der Waals surface area (Å²) in [6, 6.07) is 7.96. The van der Waals surface area contributed by atoms with Crippen LogP contribution in [0.5, 0.6) is 0 Å². The van der Waals surface area contributed by atoms with E-state index in [0.717, 1.165) is 17.2 Å². The second-order valence-electron chi connectivity index (χ2n) is 4.03. The summed E-state index contributed by atoms with van der Waals surface area (Å²) in [6.45, 7) is 2.07. The fourth-order valence-corrected chi connectivity index (χ4v) is 1.76. The average Bonchev–Trinajstić information content (AvgIpc) is 2.89. The van der Waals surface area contributed by atoms with Crippen molar-refractivity contribution in [2.24, 2.45) is 0 Å². The van der Waals surface area contributed by atoms with Crippen LogP contribution in [0.25, 0.3) is 6.08 Å². The maximum absolute atomic E-state index is 10.5. The van der Waals surface area contributed by atoms with Gasteiger partial charge in [-0.1, -0.05) is 18.2 Å². The van der Waals surface area contributed by atoms with Crippen molar-refractivity contribution in [2.45, 2.75) is 13.0 Å². The third kappa shape index (κ3) is 2.85. The lowest BCUT2D eigenvalue weighted by Gasteiger charge is -2.13. The van der Waals surface area contributed by atoms with Gasteiger partial charge in [0.2, 0.25) is 0 Å². The molecule has 0 aliphatic heterocycles. The summed E-state index contributed by atoms with van der Waals surface area (Å²) >= 11 is 0. The second kappa shape index (κ2) is 5.31. The highest BCUT2D eigenvalue weighted by Crippen LogP contribution is 2.19. The smallest absolute Gasteiger partial charge is 0.328 e. The van der Waals surface area contributed by atoms with Crippen molar-refractivity contribution in [1.29, 1.82) is 0 Å². The molecule has 1 heterocycles. The highest BCUT2D eigenvalue weighted by molar-refractivity contribution is 5.85. The van der Waals surface area contributed by atoms with Gasteiger partial charge in [0, 0.05) is 18.5 Å². The molecule has 0 bridgehead atoms. The molecular weight excluding hydrogens is 228 g/mol. The minimum Gasteiger partial charge on any atom is -0.478 e. The molecule has 1 N–H and O–H groups in total. The summed E-state index contributed by atoms with van der Waals surface area (Å²) in [7, 11) is 0. The summed E-state index contributed by atoms with van der Waals surface area (Å²) in [4.78, 5) is 14.5. The number of carbonyl (C=O) groups is 1. The number of imidazole rings is 1. The molecule has 1 aromatic carbocycles. The SMILES string of the molecule is CC(c1cccc(/C=C/C(=O)O)c1)n1ccnc1. The summed E-state index contributed by atoms with van der Waals surface area (Å²) in [5.74, 6) is -0.942. The largest absolute Gasteiger partial charge is 0.478 e. The van der Waals surface area contributed by atoms with Gasteiger partial charge in [0.05, 0.1) is 12.4 Å². The van der Waals surface area contributed by atoms with E-state index in [9.17, 15) is 4.79 Å². The Morgan fingerprint density at radius 2 is 2.33 bits per heavy atom. The maximum atomic E-state index is 10.5. The zero-order valence-corrected chi connectivity index (χ0v) is 10.0. The molecule has 18 heavy (non-hydrogen) atoms. The van der Waals surface area contributed by atoms with Crippen LogP contribution in [0.4, 0.5) is 0 Å². The molecule has 2 aromatic rings. The first kappa shape index (κ1) is 12.1. The van der Waals surface area contributed by atoms with Crippen molar-refractivity contribution in [3.05, 3.63) is 60.2 Å².